The largest absolute Gasteiger partial charge is 0.301 e. The lowest BCUT2D eigenvalue weighted by Crippen LogP contribution is -2.13. The number of carbonyl (C=O) groups is 1. The lowest BCUT2D eigenvalue weighted by Gasteiger charge is -2.01. The molecule has 0 unspecified atom stereocenters. The number of rotatable bonds is 6. The fourth-order valence-electron chi connectivity index (χ4n) is 2.45. The molecule has 0 saturated carbocycles. The van der Waals surface area contributed by atoms with Gasteiger partial charge in [0.15, 0.2) is 5.13 Å². The van der Waals surface area contributed by atoms with Crippen molar-refractivity contribution < 1.29 is 9.18 Å². The maximum Gasteiger partial charge on any atom is 0.236 e. The third-order valence-corrected chi connectivity index (χ3v) is 6.61. The maximum atomic E-state index is 13.0. The van der Waals surface area contributed by atoms with Gasteiger partial charge in [-0.1, -0.05) is 12.1 Å². The van der Waals surface area contributed by atoms with Crippen LogP contribution in [0.5, 0.6) is 0 Å². The van der Waals surface area contributed by atoms with Crippen molar-refractivity contribution in [2.24, 2.45) is 0 Å². The summed E-state index contributed by atoms with van der Waals surface area (Å²) in [6.45, 7) is 0. The van der Waals surface area contributed by atoms with E-state index in [2.05, 4.69) is 21.4 Å². The van der Waals surface area contributed by atoms with E-state index in [4.69, 9.17) is 0 Å². The van der Waals surface area contributed by atoms with E-state index in [1.807, 2.05) is 23.6 Å². The number of anilines is 1. The second-order valence-electron chi connectivity index (χ2n) is 5.66. The van der Waals surface area contributed by atoms with E-state index in [1.165, 1.54) is 35.2 Å². The first-order valence-corrected chi connectivity index (χ1v) is 11.0. The molecule has 4 aromatic rings. The van der Waals surface area contributed by atoms with Crippen LogP contribution in [0, 0.1) is 5.82 Å². The number of fused-ring (bicyclic) bond motifs is 1. The van der Waals surface area contributed by atoms with E-state index in [0.29, 0.717) is 16.6 Å². The van der Waals surface area contributed by atoms with Crippen LogP contribution in [0.15, 0.2) is 53.9 Å². The SMILES string of the molecule is O=C(CSCc1nc2ccccc2s1)Nc1nc(-c2ccc(F)cc2)cs1. The van der Waals surface area contributed by atoms with Crippen LogP contribution in [0.25, 0.3) is 21.5 Å². The third kappa shape index (κ3) is 4.52. The summed E-state index contributed by atoms with van der Waals surface area (Å²) in [5, 5.41) is 6.21. The molecule has 1 N–H and O–H groups in total. The van der Waals surface area contributed by atoms with E-state index < -0.39 is 0 Å². The zero-order valence-electron chi connectivity index (χ0n) is 14.0. The van der Waals surface area contributed by atoms with E-state index in [-0.39, 0.29) is 11.7 Å². The van der Waals surface area contributed by atoms with Crippen LogP contribution in [0.1, 0.15) is 5.01 Å². The van der Waals surface area contributed by atoms with Crippen molar-refractivity contribution in [1.82, 2.24) is 9.97 Å². The number of nitrogens with zero attached hydrogens (tertiary/aromatic N) is 2. The van der Waals surface area contributed by atoms with Crippen LogP contribution in [-0.4, -0.2) is 21.6 Å². The molecule has 1 amide bonds. The van der Waals surface area contributed by atoms with Gasteiger partial charge >= 0.3 is 0 Å². The van der Waals surface area contributed by atoms with Crippen LogP contribution in [-0.2, 0) is 10.5 Å². The van der Waals surface area contributed by atoms with Crippen molar-refractivity contribution in [2.75, 3.05) is 11.1 Å². The number of benzene rings is 2. The van der Waals surface area contributed by atoms with Crippen molar-refractivity contribution in [3.8, 4) is 11.3 Å². The molecule has 4 nitrogen and oxygen atoms in total. The van der Waals surface area contributed by atoms with Gasteiger partial charge in [0.1, 0.15) is 10.8 Å². The molecule has 0 aliphatic heterocycles. The zero-order valence-corrected chi connectivity index (χ0v) is 16.5. The number of nitrogens with one attached hydrogen (secondary N) is 1. The quantitative estimate of drug-likeness (QED) is 0.456. The monoisotopic (exact) mass is 415 g/mol. The van der Waals surface area contributed by atoms with Crippen molar-refractivity contribution >= 4 is 55.7 Å². The Kier molecular flexibility index (Phi) is 5.47. The highest BCUT2D eigenvalue weighted by atomic mass is 32.2. The van der Waals surface area contributed by atoms with Gasteiger partial charge in [-0.25, -0.2) is 14.4 Å². The molecule has 0 radical (unpaired) electrons. The summed E-state index contributed by atoms with van der Waals surface area (Å²) in [6, 6.07) is 14.1. The molecule has 27 heavy (non-hydrogen) atoms. The number of hydrogen-bond acceptors (Lipinski definition) is 6. The zero-order chi connectivity index (χ0) is 18.6. The second kappa shape index (κ2) is 8.16. The Balaban J connectivity index is 1.30. The number of amides is 1. The Bertz CT molecular complexity index is 1040. The minimum absolute atomic E-state index is 0.0962. The van der Waals surface area contributed by atoms with Crippen LogP contribution in [0.3, 0.4) is 0 Å². The van der Waals surface area contributed by atoms with Crippen molar-refractivity contribution in [3.05, 3.63) is 64.7 Å². The fourth-order valence-corrected chi connectivity index (χ4v) is 5.04. The molecule has 0 bridgehead atoms. The molecule has 2 heterocycles. The minimum Gasteiger partial charge on any atom is -0.301 e. The molecular weight excluding hydrogens is 401 g/mol. The summed E-state index contributed by atoms with van der Waals surface area (Å²) in [7, 11) is 0. The van der Waals surface area contributed by atoms with Crippen molar-refractivity contribution in [3.63, 3.8) is 0 Å². The molecule has 0 fully saturated rings. The highest BCUT2D eigenvalue weighted by Gasteiger charge is 2.10. The summed E-state index contributed by atoms with van der Waals surface area (Å²) < 4.78 is 14.2. The van der Waals surface area contributed by atoms with Crippen molar-refractivity contribution in [1.29, 1.82) is 0 Å². The Hall–Kier alpha value is -2.29. The normalized spacial score (nSPS) is 11.0. The second-order valence-corrected chi connectivity index (χ2v) is 8.62. The van der Waals surface area contributed by atoms with Gasteiger partial charge in [-0.15, -0.1) is 34.4 Å². The topological polar surface area (TPSA) is 54.9 Å². The maximum absolute atomic E-state index is 13.0. The average molecular weight is 416 g/mol. The Morgan fingerprint density at radius 2 is 1.93 bits per heavy atom. The molecule has 2 aromatic heterocycles. The van der Waals surface area contributed by atoms with Gasteiger partial charge in [-0.3, -0.25) is 4.79 Å². The van der Waals surface area contributed by atoms with E-state index in [1.54, 1.807) is 23.5 Å². The first kappa shape index (κ1) is 18.1. The summed E-state index contributed by atoms with van der Waals surface area (Å²) in [5.74, 6) is 0.654. The Labute approximate surface area is 167 Å². The molecule has 8 heteroatoms. The fraction of sp³-hybridized carbons (Fsp3) is 0.105. The number of hydrogen-bond donors (Lipinski definition) is 1. The molecule has 2 aromatic carbocycles. The lowest BCUT2D eigenvalue weighted by atomic mass is 10.2. The standard InChI is InChI=1S/C19H14FN3OS3/c20-13-7-5-12(6-8-13)15-9-26-19(22-15)23-17(24)10-25-11-18-21-14-3-1-2-4-16(14)27-18/h1-9H,10-11H2,(H,22,23,24). The van der Waals surface area contributed by atoms with E-state index in [9.17, 15) is 9.18 Å². The lowest BCUT2D eigenvalue weighted by molar-refractivity contribution is -0.113. The summed E-state index contributed by atoms with van der Waals surface area (Å²) in [4.78, 5) is 21.1. The number of thiazole rings is 2. The highest BCUT2D eigenvalue weighted by molar-refractivity contribution is 7.99. The van der Waals surface area contributed by atoms with Gasteiger partial charge in [0.2, 0.25) is 5.91 Å². The predicted octanol–water partition coefficient (Wildman–Crippen LogP) is 5.43. The van der Waals surface area contributed by atoms with Gasteiger partial charge in [0.25, 0.3) is 0 Å². The summed E-state index contributed by atoms with van der Waals surface area (Å²) in [6.07, 6.45) is 0. The molecule has 0 atom stereocenters. The van der Waals surface area contributed by atoms with Gasteiger partial charge < -0.3 is 5.32 Å². The third-order valence-electron chi connectivity index (χ3n) is 3.69. The number of para-hydroxylation sites is 1. The summed E-state index contributed by atoms with van der Waals surface area (Å²) in [5.41, 5.74) is 2.54. The van der Waals surface area contributed by atoms with Gasteiger partial charge in [-0.05, 0) is 36.4 Å². The van der Waals surface area contributed by atoms with E-state index >= 15 is 0 Å². The molecular formula is C19H14FN3OS3. The van der Waals surface area contributed by atoms with Crippen LogP contribution in [0.4, 0.5) is 9.52 Å². The first-order valence-electron chi connectivity index (χ1n) is 8.11. The average Bonchev–Trinajstić information content (AvgIpc) is 3.29. The minimum atomic E-state index is -0.285. The van der Waals surface area contributed by atoms with Gasteiger partial charge in [0.05, 0.1) is 21.7 Å². The van der Waals surface area contributed by atoms with Crippen molar-refractivity contribution in [2.45, 2.75) is 5.75 Å². The number of carbonyl (C=O) groups excluding carboxylic acids is 1. The van der Waals surface area contributed by atoms with Gasteiger partial charge in [0, 0.05) is 16.7 Å². The van der Waals surface area contributed by atoms with Crippen LogP contribution >= 0.6 is 34.4 Å². The number of thioether (sulfide) groups is 1. The first-order chi connectivity index (χ1) is 13.2. The Morgan fingerprint density at radius 1 is 1.11 bits per heavy atom. The summed E-state index contributed by atoms with van der Waals surface area (Å²) >= 11 is 4.53. The Morgan fingerprint density at radius 3 is 2.74 bits per heavy atom. The van der Waals surface area contributed by atoms with Crippen LogP contribution in [0.2, 0.25) is 0 Å². The molecule has 4 rings (SSSR count). The molecule has 136 valence electrons. The highest BCUT2D eigenvalue weighted by Crippen LogP contribution is 2.26. The number of aromatic nitrogens is 2. The van der Waals surface area contributed by atoms with Gasteiger partial charge in [-0.2, -0.15) is 0 Å². The molecule has 0 aliphatic rings. The smallest absolute Gasteiger partial charge is 0.236 e. The predicted molar refractivity (Wildman–Crippen MR) is 112 cm³/mol. The molecule has 0 aliphatic carbocycles. The molecule has 0 spiro atoms. The molecule has 0 saturated heterocycles. The van der Waals surface area contributed by atoms with Crippen LogP contribution < -0.4 is 5.32 Å². The number of halogens is 1. The van der Waals surface area contributed by atoms with E-state index in [0.717, 1.165) is 26.5 Å².